The van der Waals surface area contributed by atoms with Crippen LogP contribution >= 0.6 is 0 Å². The molecule has 0 saturated heterocycles. The summed E-state index contributed by atoms with van der Waals surface area (Å²) in [6, 6.07) is 5.83. The van der Waals surface area contributed by atoms with Gasteiger partial charge in [0, 0.05) is 5.56 Å². The molecule has 0 heterocycles. The van der Waals surface area contributed by atoms with Gasteiger partial charge in [0.1, 0.15) is 11.5 Å². The van der Waals surface area contributed by atoms with E-state index in [0.29, 0.717) is 19.6 Å². The van der Waals surface area contributed by atoms with Gasteiger partial charge in [-0.1, -0.05) is 17.7 Å². The number of ether oxygens (including phenoxy) is 2. The van der Waals surface area contributed by atoms with E-state index < -0.39 is 0 Å². The number of hydrogen-bond acceptors (Lipinski definition) is 3. The number of rotatable bonds is 7. The van der Waals surface area contributed by atoms with Crippen molar-refractivity contribution in [2.24, 2.45) is 0 Å². The fourth-order valence-corrected chi connectivity index (χ4v) is 1.67. The molecule has 100 valence electrons. The van der Waals surface area contributed by atoms with Gasteiger partial charge in [0.25, 0.3) is 0 Å². The van der Waals surface area contributed by atoms with Crippen LogP contribution in [-0.4, -0.2) is 24.9 Å². The Morgan fingerprint density at radius 3 is 2.17 bits per heavy atom. The lowest BCUT2D eigenvalue weighted by molar-refractivity contribution is 0.317. The smallest absolute Gasteiger partial charge is 0.126 e. The Morgan fingerprint density at radius 1 is 1.17 bits per heavy atom. The van der Waals surface area contributed by atoms with Crippen molar-refractivity contribution in [3.05, 3.63) is 35.4 Å². The van der Waals surface area contributed by atoms with Gasteiger partial charge in [-0.15, -0.1) is 0 Å². The summed E-state index contributed by atoms with van der Waals surface area (Å²) in [5, 5.41) is 9.03. The highest BCUT2D eigenvalue weighted by molar-refractivity contribution is 5.46. The van der Waals surface area contributed by atoms with Crippen LogP contribution in [0.4, 0.5) is 0 Å². The molecule has 0 spiro atoms. The number of benzene rings is 1. The number of hydrogen-bond donors (Lipinski definition) is 1. The number of allylic oxidation sites excluding steroid dienone is 1. The molecule has 0 aliphatic heterocycles. The van der Waals surface area contributed by atoms with Crippen molar-refractivity contribution >= 4 is 0 Å². The zero-order valence-electron chi connectivity index (χ0n) is 11.4. The van der Waals surface area contributed by atoms with E-state index in [1.807, 2.05) is 45.0 Å². The Morgan fingerprint density at radius 2 is 1.72 bits per heavy atom. The third kappa shape index (κ3) is 4.08. The van der Waals surface area contributed by atoms with Crippen LogP contribution in [0.2, 0.25) is 0 Å². The van der Waals surface area contributed by atoms with Gasteiger partial charge in [0.05, 0.1) is 19.8 Å². The maximum atomic E-state index is 9.03. The molecule has 0 atom stereocenters. The molecule has 1 aromatic rings. The Bertz CT molecular complexity index is 372. The summed E-state index contributed by atoms with van der Waals surface area (Å²) in [7, 11) is 0. The Hall–Kier alpha value is -1.48. The highest BCUT2D eigenvalue weighted by Gasteiger charge is 2.09. The van der Waals surface area contributed by atoms with Crippen LogP contribution in [0.3, 0.4) is 0 Å². The quantitative estimate of drug-likeness (QED) is 0.756. The fourth-order valence-electron chi connectivity index (χ4n) is 1.67. The summed E-state index contributed by atoms with van der Waals surface area (Å²) in [5.41, 5.74) is 1.98. The molecule has 0 aromatic heterocycles. The van der Waals surface area contributed by atoms with Crippen molar-refractivity contribution in [1.29, 1.82) is 0 Å². The second-order valence-corrected chi connectivity index (χ2v) is 4.01. The molecule has 18 heavy (non-hydrogen) atoms. The van der Waals surface area contributed by atoms with Gasteiger partial charge < -0.3 is 14.6 Å². The molecule has 0 aliphatic carbocycles. The molecular formula is C15H22O3. The van der Waals surface area contributed by atoms with Gasteiger partial charge in [0.2, 0.25) is 0 Å². The predicted octanol–water partition coefficient (Wildman–Crippen LogP) is 2.97. The second-order valence-electron chi connectivity index (χ2n) is 4.01. The molecule has 0 saturated carbocycles. The molecule has 0 fully saturated rings. The highest BCUT2D eigenvalue weighted by atomic mass is 16.5. The van der Waals surface area contributed by atoms with Crippen molar-refractivity contribution in [2.45, 2.75) is 27.2 Å². The van der Waals surface area contributed by atoms with Gasteiger partial charge in [-0.3, -0.25) is 0 Å². The van der Waals surface area contributed by atoms with Crippen molar-refractivity contribution in [1.82, 2.24) is 0 Å². The first-order valence-corrected chi connectivity index (χ1v) is 6.36. The van der Waals surface area contributed by atoms with E-state index in [1.54, 1.807) is 0 Å². The third-order valence-corrected chi connectivity index (χ3v) is 2.59. The topological polar surface area (TPSA) is 38.7 Å². The molecule has 3 heteroatoms. The lowest BCUT2D eigenvalue weighted by Crippen LogP contribution is -2.01. The second kappa shape index (κ2) is 7.77. The van der Waals surface area contributed by atoms with E-state index in [0.717, 1.165) is 22.6 Å². The highest BCUT2D eigenvalue weighted by Crippen LogP contribution is 2.29. The van der Waals surface area contributed by atoms with Gasteiger partial charge in [-0.25, -0.2) is 0 Å². The molecule has 1 aromatic carbocycles. The average Bonchev–Trinajstić information content (AvgIpc) is 2.38. The van der Waals surface area contributed by atoms with E-state index in [9.17, 15) is 0 Å². The fraction of sp³-hybridized carbons (Fsp3) is 0.467. The van der Waals surface area contributed by atoms with E-state index in [-0.39, 0.29) is 6.61 Å². The first kappa shape index (κ1) is 14.6. The van der Waals surface area contributed by atoms with Gasteiger partial charge in [0.15, 0.2) is 0 Å². The normalized spacial score (nSPS) is 11.4. The maximum Gasteiger partial charge on any atom is 0.126 e. The minimum atomic E-state index is 0.0841. The summed E-state index contributed by atoms with van der Waals surface area (Å²) >= 11 is 0. The summed E-state index contributed by atoms with van der Waals surface area (Å²) in [6.45, 7) is 7.18. The van der Waals surface area contributed by atoms with Crippen LogP contribution < -0.4 is 9.47 Å². The molecular weight excluding hydrogens is 228 g/mol. The molecule has 1 N–H and O–H groups in total. The summed E-state index contributed by atoms with van der Waals surface area (Å²) in [4.78, 5) is 0. The van der Waals surface area contributed by atoms with Gasteiger partial charge in [-0.05, 0) is 39.3 Å². The van der Waals surface area contributed by atoms with Gasteiger partial charge in [-0.2, -0.15) is 0 Å². The molecule has 3 nitrogen and oxygen atoms in total. The summed E-state index contributed by atoms with van der Waals surface area (Å²) in [5.74, 6) is 1.70. The van der Waals surface area contributed by atoms with Crippen molar-refractivity contribution in [3.63, 3.8) is 0 Å². The SMILES string of the molecule is CCOc1cccc(OCC)c1C/C=C(\C)CO. The van der Waals surface area contributed by atoms with E-state index in [4.69, 9.17) is 14.6 Å². The number of aliphatic hydroxyl groups is 1. The minimum Gasteiger partial charge on any atom is -0.493 e. The third-order valence-electron chi connectivity index (χ3n) is 2.59. The predicted molar refractivity (Wildman–Crippen MR) is 73.3 cm³/mol. The lowest BCUT2D eigenvalue weighted by atomic mass is 10.1. The van der Waals surface area contributed by atoms with Crippen molar-refractivity contribution < 1.29 is 14.6 Å². The zero-order valence-corrected chi connectivity index (χ0v) is 11.4. The first-order valence-electron chi connectivity index (χ1n) is 6.36. The Balaban J connectivity index is 3.01. The van der Waals surface area contributed by atoms with E-state index >= 15 is 0 Å². The lowest BCUT2D eigenvalue weighted by Gasteiger charge is -2.14. The van der Waals surface area contributed by atoms with E-state index in [1.165, 1.54) is 0 Å². The molecule has 0 amide bonds. The average molecular weight is 250 g/mol. The summed E-state index contributed by atoms with van der Waals surface area (Å²) < 4.78 is 11.2. The Kier molecular flexibility index (Phi) is 6.29. The molecule has 0 unspecified atom stereocenters. The van der Waals surface area contributed by atoms with Gasteiger partial charge >= 0.3 is 0 Å². The van der Waals surface area contributed by atoms with E-state index in [2.05, 4.69) is 0 Å². The van der Waals surface area contributed by atoms with Crippen LogP contribution in [0.15, 0.2) is 29.8 Å². The van der Waals surface area contributed by atoms with Crippen LogP contribution in [-0.2, 0) is 6.42 Å². The van der Waals surface area contributed by atoms with Crippen LogP contribution in [0.1, 0.15) is 26.3 Å². The number of aliphatic hydroxyl groups excluding tert-OH is 1. The maximum absolute atomic E-state index is 9.03. The molecule has 0 aliphatic rings. The molecule has 1 rings (SSSR count). The van der Waals surface area contributed by atoms with Crippen LogP contribution in [0.25, 0.3) is 0 Å². The largest absolute Gasteiger partial charge is 0.493 e. The first-order chi connectivity index (χ1) is 8.72. The standard InChI is InChI=1S/C15H22O3/c1-4-17-14-7-6-8-15(18-5-2)13(14)10-9-12(3)11-16/h6-9,16H,4-5,10-11H2,1-3H3/b12-9+. The molecule has 0 radical (unpaired) electrons. The zero-order chi connectivity index (χ0) is 13.4. The summed E-state index contributed by atoms with van der Waals surface area (Å²) in [6.07, 6.45) is 2.71. The van der Waals surface area contributed by atoms with Crippen LogP contribution in [0.5, 0.6) is 11.5 Å². The van der Waals surface area contributed by atoms with Crippen molar-refractivity contribution in [3.8, 4) is 11.5 Å². The monoisotopic (exact) mass is 250 g/mol. The minimum absolute atomic E-state index is 0.0841. The van der Waals surface area contributed by atoms with Crippen molar-refractivity contribution in [2.75, 3.05) is 19.8 Å². The molecule has 0 bridgehead atoms. The Labute approximate surface area is 109 Å². The van der Waals surface area contributed by atoms with Crippen LogP contribution in [0, 0.1) is 0 Å².